The van der Waals surface area contributed by atoms with Gasteiger partial charge in [0.2, 0.25) is 0 Å². The number of ether oxygens (including phenoxy) is 2. The summed E-state index contributed by atoms with van der Waals surface area (Å²) in [6, 6.07) is 9.65. The van der Waals surface area contributed by atoms with E-state index in [-0.39, 0.29) is 17.9 Å². The minimum absolute atomic E-state index is 0.119. The summed E-state index contributed by atoms with van der Waals surface area (Å²) in [5.41, 5.74) is 1.27. The van der Waals surface area contributed by atoms with Gasteiger partial charge in [-0.05, 0) is 24.4 Å². The van der Waals surface area contributed by atoms with Crippen LogP contribution in [0.1, 0.15) is 38.8 Å². The minimum Gasteiger partial charge on any atom is -0.383 e. The van der Waals surface area contributed by atoms with Crippen LogP contribution >= 0.6 is 11.3 Å². The van der Waals surface area contributed by atoms with E-state index in [0.717, 1.165) is 15.6 Å². The third-order valence-electron chi connectivity index (χ3n) is 5.29. The number of carbonyl (C=O) groups is 2. The van der Waals surface area contributed by atoms with Gasteiger partial charge in [0.1, 0.15) is 11.8 Å². The maximum atomic E-state index is 13.0. The molecule has 2 aromatic heterocycles. The second-order valence-electron chi connectivity index (χ2n) is 7.26. The van der Waals surface area contributed by atoms with E-state index in [4.69, 9.17) is 9.47 Å². The zero-order chi connectivity index (χ0) is 21.8. The lowest BCUT2D eigenvalue weighted by Crippen LogP contribution is -2.42. The summed E-state index contributed by atoms with van der Waals surface area (Å²) < 4.78 is 13.9. The van der Waals surface area contributed by atoms with Crippen molar-refractivity contribution in [2.24, 2.45) is 0 Å². The molecule has 1 aliphatic heterocycles. The smallest absolute Gasteiger partial charge is 0.274 e. The Labute approximate surface area is 184 Å². The first-order chi connectivity index (χ1) is 15.1. The number of morpholine rings is 1. The van der Waals surface area contributed by atoms with Gasteiger partial charge < -0.3 is 19.7 Å². The van der Waals surface area contributed by atoms with Crippen molar-refractivity contribution in [3.05, 3.63) is 52.7 Å². The van der Waals surface area contributed by atoms with E-state index < -0.39 is 0 Å². The first-order valence-electron chi connectivity index (χ1n) is 10.3. The third kappa shape index (κ3) is 4.48. The van der Waals surface area contributed by atoms with Crippen molar-refractivity contribution in [1.29, 1.82) is 0 Å². The van der Waals surface area contributed by atoms with Crippen LogP contribution in [0.25, 0.3) is 10.1 Å². The topological polar surface area (TPSA) is 85.7 Å². The van der Waals surface area contributed by atoms with Crippen LogP contribution < -0.4 is 5.32 Å². The lowest BCUT2D eigenvalue weighted by molar-refractivity contribution is -0.0224. The molecule has 3 aromatic rings. The summed E-state index contributed by atoms with van der Waals surface area (Å²) in [6.45, 7) is 4.83. The number of aromatic nitrogens is 2. The molecule has 1 saturated heterocycles. The van der Waals surface area contributed by atoms with Gasteiger partial charge in [-0.1, -0.05) is 18.2 Å². The van der Waals surface area contributed by atoms with E-state index in [1.54, 1.807) is 29.0 Å². The Kier molecular flexibility index (Phi) is 6.64. The number of hydrogen-bond acceptors (Lipinski definition) is 6. The fourth-order valence-corrected chi connectivity index (χ4v) is 4.89. The second-order valence-corrected chi connectivity index (χ2v) is 8.31. The highest BCUT2D eigenvalue weighted by Crippen LogP contribution is 2.38. The lowest BCUT2D eigenvalue weighted by Gasteiger charge is -2.33. The van der Waals surface area contributed by atoms with Crippen LogP contribution in [0.15, 0.2) is 36.5 Å². The van der Waals surface area contributed by atoms with E-state index in [2.05, 4.69) is 10.4 Å². The molecule has 0 bridgehead atoms. The molecule has 1 atom stereocenters. The molecule has 1 fully saturated rings. The van der Waals surface area contributed by atoms with Crippen molar-refractivity contribution in [3.63, 3.8) is 0 Å². The summed E-state index contributed by atoms with van der Waals surface area (Å²) in [4.78, 5) is 28.3. The van der Waals surface area contributed by atoms with Crippen LogP contribution in [0.3, 0.4) is 0 Å². The molecule has 0 radical (unpaired) electrons. The number of nitrogens with one attached hydrogen (secondary N) is 1. The Bertz CT molecular complexity index is 1080. The Morgan fingerprint density at radius 3 is 2.94 bits per heavy atom. The largest absolute Gasteiger partial charge is 0.383 e. The third-order valence-corrected chi connectivity index (χ3v) is 6.48. The number of nitrogens with zero attached hydrogens (tertiary/aromatic N) is 3. The number of aryl methyl sites for hydroxylation is 1. The van der Waals surface area contributed by atoms with Crippen LogP contribution in [0.5, 0.6) is 0 Å². The van der Waals surface area contributed by atoms with Crippen LogP contribution in [0, 0.1) is 0 Å². The molecule has 1 N–H and O–H groups in total. The lowest BCUT2D eigenvalue weighted by atomic mass is 10.0. The van der Waals surface area contributed by atoms with Crippen molar-refractivity contribution < 1.29 is 19.1 Å². The highest BCUT2D eigenvalue weighted by atomic mass is 32.1. The number of fused-ring (bicyclic) bond motifs is 1. The molecule has 0 saturated carbocycles. The van der Waals surface area contributed by atoms with E-state index >= 15 is 0 Å². The Morgan fingerprint density at radius 1 is 1.32 bits per heavy atom. The summed E-state index contributed by atoms with van der Waals surface area (Å²) in [7, 11) is 1.60. The Morgan fingerprint density at radius 2 is 2.16 bits per heavy atom. The van der Waals surface area contributed by atoms with Gasteiger partial charge >= 0.3 is 0 Å². The monoisotopic (exact) mass is 442 g/mol. The van der Waals surface area contributed by atoms with Gasteiger partial charge in [-0.3, -0.25) is 14.3 Å². The summed E-state index contributed by atoms with van der Waals surface area (Å²) in [5, 5.41) is 8.23. The average Bonchev–Trinajstić information content (AvgIpc) is 3.43. The highest BCUT2D eigenvalue weighted by Gasteiger charge is 2.32. The fourth-order valence-electron chi connectivity index (χ4n) is 3.72. The Hall–Kier alpha value is -2.75. The molecule has 8 nitrogen and oxygen atoms in total. The number of rotatable bonds is 7. The van der Waals surface area contributed by atoms with Gasteiger partial charge in [0.25, 0.3) is 11.8 Å². The maximum Gasteiger partial charge on any atom is 0.274 e. The van der Waals surface area contributed by atoms with E-state index in [1.165, 1.54) is 11.3 Å². The van der Waals surface area contributed by atoms with Gasteiger partial charge in [-0.25, -0.2) is 0 Å². The van der Waals surface area contributed by atoms with Gasteiger partial charge in [-0.15, -0.1) is 11.3 Å². The molecular formula is C22H26N4O4S. The van der Waals surface area contributed by atoms with Crippen LogP contribution in [0.4, 0.5) is 0 Å². The predicted octanol–water partition coefficient (Wildman–Crippen LogP) is 2.71. The predicted molar refractivity (Wildman–Crippen MR) is 119 cm³/mol. The number of carbonyl (C=O) groups excluding carboxylic acids is 2. The van der Waals surface area contributed by atoms with Gasteiger partial charge in [0, 0.05) is 43.2 Å². The van der Waals surface area contributed by atoms with Gasteiger partial charge in [0.05, 0.1) is 24.6 Å². The molecule has 3 heterocycles. The number of benzene rings is 1. The van der Waals surface area contributed by atoms with Crippen molar-refractivity contribution >= 4 is 33.2 Å². The van der Waals surface area contributed by atoms with Crippen LogP contribution in [-0.2, 0) is 16.0 Å². The maximum absolute atomic E-state index is 13.0. The van der Waals surface area contributed by atoms with Crippen molar-refractivity contribution in [2.75, 3.05) is 40.0 Å². The molecule has 164 valence electrons. The minimum atomic E-state index is -0.384. The fraction of sp³-hybridized carbons (Fsp3) is 0.409. The normalized spacial score (nSPS) is 16.6. The van der Waals surface area contributed by atoms with Gasteiger partial charge in [0.15, 0.2) is 0 Å². The van der Waals surface area contributed by atoms with E-state index in [9.17, 15) is 9.59 Å². The van der Waals surface area contributed by atoms with Gasteiger partial charge in [-0.2, -0.15) is 5.10 Å². The molecule has 9 heteroatoms. The summed E-state index contributed by atoms with van der Waals surface area (Å²) >= 11 is 1.44. The number of thiophene rings is 1. The highest BCUT2D eigenvalue weighted by molar-refractivity contribution is 7.21. The standard InChI is InChI=1S/C22H26N4O4S/c1-3-26-10-8-16(24-26)22(28)25-11-13-30-17(14-25)19-15-6-4-5-7-18(15)31-20(19)21(27)23-9-12-29-2/h4-8,10,17H,3,9,11-14H2,1-2H3,(H,23,27)/t17-/m0/s1. The molecule has 0 unspecified atom stereocenters. The van der Waals surface area contributed by atoms with Crippen LogP contribution in [-0.4, -0.2) is 66.5 Å². The number of hydrogen-bond donors (Lipinski definition) is 1. The first-order valence-corrected chi connectivity index (χ1v) is 11.2. The molecule has 31 heavy (non-hydrogen) atoms. The van der Waals surface area contributed by atoms with Crippen molar-refractivity contribution in [1.82, 2.24) is 20.0 Å². The quantitative estimate of drug-likeness (QED) is 0.569. The molecule has 4 rings (SSSR count). The zero-order valence-electron chi connectivity index (χ0n) is 17.7. The number of methoxy groups -OCH3 is 1. The molecular weight excluding hydrogens is 416 g/mol. The molecule has 1 aliphatic rings. The number of amides is 2. The van der Waals surface area contributed by atoms with Crippen molar-refractivity contribution in [3.8, 4) is 0 Å². The molecule has 1 aromatic carbocycles. The van der Waals surface area contributed by atoms with Crippen LogP contribution in [0.2, 0.25) is 0 Å². The van der Waals surface area contributed by atoms with E-state index in [1.807, 2.05) is 31.2 Å². The zero-order valence-corrected chi connectivity index (χ0v) is 18.5. The van der Waals surface area contributed by atoms with E-state index in [0.29, 0.717) is 50.0 Å². The van der Waals surface area contributed by atoms with Crippen molar-refractivity contribution in [2.45, 2.75) is 19.6 Å². The Balaban J connectivity index is 1.61. The molecule has 0 spiro atoms. The second kappa shape index (κ2) is 9.59. The molecule has 0 aliphatic carbocycles. The average molecular weight is 443 g/mol. The first kappa shape index (κ1) is 21.5. The molecule has 2 amide bonds. The summed E-state index contributed by atoms with van der Waals surface area (Å²) in [5.74, 6) is -0.270. The summed E-state index contributed by atoms with van der Waals surface area (Å²) in [6.07, 6.45) is 1.42. The SMILES string of the molecule is CCn1ccc(C(=O)N2CCO[C@H](c3c(C(=O)NCCOC)sc4ccccc34)C2)n1.